The van der Waals surface area contributed by atoms with Gasteiger partial charge in [0.1, 0.15) is 0 Å². The van der Waals surface area contributed by atoms with E-state index in [1.54, 1.807) is 12.3 Å². The van der Waals surface area contributed by atoms with E-state index in [2.05, 4.69) is 26.2 Å². The molecule has 0 bridgehead atoms. The average Bonchev–Trinajstić information content (AvgIpc) is 2.26. The summed E-state index contributed by atoms with van der Waals surface area (Å²) in [5, 5.41) is 3.17. The minimum absolute atomic E-state index is 0.166. The third-order valence-electron chi connectivity index (χ3n) is 1.94. The monoisotopic (exact) mass is 290 g/mol. The van der Waals surface area contributed by atoms with Crippen LogP contribution >= 0.6 is 27.5 Å². The highest BCUT2D eigenvalue weighted by Gasteiger charge is 2.10. The molecule has 1 N–H and O–H groups in total. The maximum atomic E-state index is 11.6. The molecule has 1 rings (SSSR count). The lowest BCUT2D eigenvalue weighted by atomic mass is 10.2. The second kappa shape index (κ2) is 6.08. The number of carbonyl (C=O) groups is 1. The second-order valence-electron chi connectivity index (χ2n) is 3.07. The van der Waals surface area contributed by atoms with Crippen molar-refractivity contribution in [2.45, 2.75) is 18.2 Å². The molecule has 82 valence electrons. The number of carbonyl (C=O) groups excluding carboxylic acids is 1. The van der Waals surface area contributed by atoms with Crippen LogP contribution in [0.3, 0.4) is 0 Å². The van der Waals surface area contributed by atoms with Gasteiger partial charge in [-0.25, -0.2) is 0 Å². The quantitative estimate of drug-likeness (QED) is 0.867. The molecule has 0 spiro atoms. The molecule has 3 nitrogen and oxygen atoms in total. The van der Waals surface area contributed by atoms with Crippen molar-refractivity contribution in [1.82, 2.24) is 10.3 Å². The molecule has 1 amide bonds. The summed E-state index contributed by atoms with van der Waals surface area (Å²) in [6, 6.07) is 1.60. The van der Waals surface area contributed by atoms with Gasteiger partial charge in [0.25, 0.3) is 5.91 Å². The first-order chi connectivity index (χ1) is 7.15. The van der Waals surface area contributed by atoms with Crippen LogP contribution in [-0.2, 0) is 0 Å². The van der Waals surface area contributed by atoms with Gasteiger partial charge in [-0.05, 0) is 12.5 Å². The Morgan fingerprint density at radius 3 is 3.07 bits per heavy atom. The third-order valence-corrected chi connectivity index (χ3v) is 3.22. The van der Waals surface area contributed by atoms with Gasteiger partial charge in [0.05, 0.1) is 10.6 Å². The van der Waals surface area contributed by atoms with E-state index in [1.165, 1.54) is 6.20 Å². The normalized spacial score (nSPS) is 12.2. The van der Waals surface area contributed by atoms with Crippen molar-refractivity contribution in [2.75, 3.05) is 6.54 Å². The molecule has 0 aromatic carbocycles. The summed E-state index contributed by atoms with van der Waals surface area (Å²) in [5.74, 6) is -0.166. The molecule has 15 heavy (non-hydrogen) atoms. The Labute approximate surface area is 102 Å². The largest absolute Gasteiger partial charge is 0.351 e. The number of nitrogens with one attached hydrogen (secondary N) is 1. The molecule has 0 aliphatic heterocycles. The molecule has 0 aliphatic carbocycles. The Bertz CT molecular complexity index is 346. The maximum absolute atomic E-state index is 11.6. The highest BCUT2D eigenvalue weighted by atomic mass is 79.9. The predicted octanol–water partition coefficient (Wildman–Crippen LogP) is 2.64. The Morgan fingerprint density at radius 2 is 2.47 bits per heavy atom. The van der Waals surface area contributed by atoms with Gasteiger partial charge < -0.3 is 5.32 Å². The second-order valence-corrected chi connectivity index (χ2v) is 4.77. The van der Waals surface area contributed by atoms with Crippen molar-refractivity contribution in [3.63, 3.8) is 0 Å². The molecule has 1 heterocycles. The predicted molar refractivity (Wildman–Crippen MR) is 64.6 cm³/mol. The number of amides is 1. The molecule has 1 aromatic heterocycles. The number of pyridine rings is 1. The molecular formula is C10H12BrClN2O. The number of hydrogen-bond acceptors (Lipinski definition) is 2. The molecule has 5 heteroatoms. The molecule has 1 atom stereocenters. The highest BCUT2D eigenvalue weighted by Crippen LogP contribution is 2.13. The van der Waals surface area contributed by atoms with Crippen molar-refractivity contribution in [2.24, 2.45) is 0 Å². The molecule has 1 aromatic rings. The highest BCUT2D eigenvalue weighted by molar-refractivity contribution is 9.09. The molecular weight excluding hydrogens is 279 g/mol. The van der Waals surface area contributed by atoms with Gasteiger partial charge in [-0.2, -0.15) is 0 Å². The van der Waals surface area contributed by atoms with Gasteiger partial charge in [0.2, 0.25) is 0 Å². The lowest BCUT2D eigenvalue weighted by Gasteiger charge is -2.09. The van der Waals surface area contributed by atoms with Crippen molar-refractivity contribution >= 4 is 33.4 Å². The Kier molecular flexibility index (Phi) is 5.05. The fraction of sp³-hybridized carbons (Fsp3) is 0.400. The number of alkyl halides is 1. The van der Waals surface area contributed by atoms with E-state index in [4.69, 9.17) is 11.6 Å². The van der Waals surface area contributed by atoms with Crippen LogP contribution in [-0.4, -0.2) is 22.3 Å². The first-order valence-corrected chi connectivity index (χ1v) is 5.96. The van der Waals surface area contributed by atoms with E-state index < -0.39 is 0 Å². The maximum Gasteiger partial charge on any atom is 0.252 e. The number of aromatic nitrogens is 1. The van der Waals surface area contributed by atoms with E-state index in [-0.39, 0.29) is 5.91 Å². The van der Waals surface area contributed by atoms with Gasteiger partial charge in [0, 0.05) is 23.8 Å². The zero-order chi connectivity index (χ0) is 11.3. The smallest absolute Gasteiger partial charge is 0.252 e. The fourth-order valence-corrected chi connectivity index (χ4v) is 1.37. The SMILES string of the molecule is CCC(Br)CNC(=O)c1ccncc1Cl. The first-order valence-electron chi connectivity index (χ1n) is 4.67. The third kappa shape index (κ3) is 3.80. The van der Waals surface area contributed by atoms with Gasteiger partial charge in [0.15, 0.2) is 0 Å². The van der Waals surface area contributed by atoms with E-state index >= 15 is 0 Å². The van der Waals surface area contributed by atoms with Crippen LogP contribution in [0.5, 0.6) is 0 Å². The Balaban J connectivity index is 2.58. The lowest BCUT2D eigenvalue weighted by Crippen LogP contribution is -2.29. The van der Waals surface area contributed by atoms with Crippen molar-refractivity contribution in [3.05, 3.63) is 29.0 Å². The zero-order valence-corrected chi connectivity index (χ0v) is 10.7. The van der Waals surface area contributed by atoms with Crippen LogP contribution in [0.2, 0.25) is 5.02 Å². The summed E-state index contributed by atoms with van der Waals surface area (Å²) >= 11 is 9.27. The summed E-state index contributed by atoms with van der Waals surface area (Å²) in [5.41, 5.74) is 0.461. The van der Waals surface area contributed by atoms with Gasteiger partial charge in [-0.1, -0.05) is 34.5 Å². The van der Waals surface area contributed by atoms with E-state index in [1.807, 2.05) is 6.92 Å². The summed E-state index contributed by atoms with van der Waals surface area (Å²) in [6.07, 6.45) is 3.97. The lowest BCUT2D eigenvalue weighted by molar-refractivity contribution is 0.0954. The van der Waals surface area contributed by atoms with E-state index in [9.17, 15) is 4.79 Å². The Hall–Kier alpha value is -0.610. The number of nitrogens with zero attached hydrogens (tertiary/aromatic N) is 1. The summed E-state index contributed by atoms with van der Waals surface area (Å²) < 4.78 is 0. The van der Waals surface area contributed by atoms with Gasteiger partial charge in [-0.15, -0.1) is 0 Å². The molecule has 0 saturated carbocycles. The van der Waals surface area contributed by atoms with Crippen LogP contribution in [0.4, 0.5) is 0 Å². The van der Waals surface area contributed by atoms with Crippen LogP contribution in [0, 0.1) is 0 Å². The summed E-state index contributed by atoms with van der Waals surface area (Å²) in [4.78, 5) is 15.8. The fourth-order valence-electron chi connectivity index (χ4n) is 1.00. The van der Waals surface area contributed by atoms with Crippen molar-refractivity contribution < 1.29 is 4.79 Å². The van der Waals surface area contributed by atoms with E-state index in [0.29, 0.717) is 22.0 Å². The minimum atomic E-state index is -0.166. The van der Waals surface area contributed by atoms with E-state index in [0.717, 1.165) is 6.42 Å². The van der Waals surface area contributed by atoms with Crippen LogP contribution in [0.25, 0.3) is 0 Å². The first kappa shape index (κ1) is 12.5. The summed E-state index contributed by atoms with van der Waals surface area (Å²) in [6.45, 7) is 2.64. The molecule has 0 radical (unpaired) electrons. The number of hydrogen-bond donors (Lipinski definition) is 1. The summed E-state index contributed by atoms with van der Waals surface area (Å²) in [7, 11) is 0. The number of rotatable bonds is 4. The molecule has 0 fully saturated rings. The van der Waals surface area contributed by atoms with Gasteiger partial charge >= 0.3 is 0 Å². The van der Waals surface area contributed by atoms with Crippen molar-refractivity contribution in [3.8, 4) is 0 Å². The molecule has 1 unspecified atom stereocenters. The Morgan fingerprint density at radius 1 is 1.73 bits per heavy atom. The van der Waals surface area contributed by atoms with Crippen LogP contribution < -0.4 is 5.32 Å². The topological polar surface area (TPSA) is 42.0 Å². The standard InChI is InChI=1S/C10H12BrClN2O/c1-2-7(11)5-14-10(15)8-3-4-13-6-9(8)12/h3-4,6-7H,2,5H2,1H3,(H,14,15). The zero-order valence-electron chi connectivity index (χ0n) is 8.34. The van der Waals surface area contributed by atoms with Crippen molar-refractivity contribution in [1.29, 1.82) is 0 Å². The molecule has 0 saturated heterocycles. The number of halogens is 2. The van der Waals surface area contributed by atoms with Gasteiger partial charge in [-0.3, -0.25) is 9.78 Å². The van der Waals surface area contributed by atoms with Crippen LogP contribution in [0.1, 0.15) is 23.7 Å². The minimum Gasteiger partial charge on any atom is -0.351 e. The molecule has 0 aliphatic rings. The average molecular weight is 292 g/mol. The van der Waals surface area contributed by atoms with Crippen LogP contribution in [0.15, 0.2) is 18.5 Å².